The number of anilines is 1. The zero-order valence-corrected chi connectivity index (χ0v) is 15.3. The number of nitrogens with one attached hydrogen (secondary N) is 2. The topological polar surface area (TPSA) is 115 Å². The van der Waals surface area contributed by atoms with Crippen LogP contribution >= 0.6 is 8.03 Å². The summed E-state index contributed by atoms with van der Waals surface area (Å²) in [6.07, 6.45) is 6.66. The Hall–Kier alpha value is -2.18. The number of amidine groups is 1. The molecule has 2 atom stereocenters. The fourth-order valence-corrected chi connectivity index (χ4v) is 2.82. The molecule has 0 saturated carbocycles. The summed E-state index contributed by atoms with van der Waals surface area (Å²) < 4.78 is 24.6. The first-order chi connectivity index (χ1) is 11.4. The number of nitrogen functional groups attached to an aromatic ring is 1. The third kappa shape index (κ3) is 5.79. The van der Waals surface area contributed by atoms with E-state index in [0.29, 0.717) is 23.8 Å². The van der Waals surface area contributed by atoms with Gasteiger partial charge in [0.1, 0.15) is 17.3 Å². The van der Waals surface area contributed by atoms with Gasteiger partial charge in [0.25, 0.3) is 6.35 Å². The number of aromatic nitrogens is 2. The molecule has 0 saturated heterocycles. The van der Waals surface area contributed by atoms with Crippen LogP contribution in [0.15, 0.2) is 30.3 Å². The van der Waals surface area contributed by atoms with Gasteiger partial charge in [-0.25, -0.2) is 4.98 Å². The number of imidazole rings is 1. The lowest BCUT2D eigenvalue weighted by molar-refractivity contribution is 0.0837. The third-order valence-corrected chi connectivity index (χ3v) is 3.84. The summed E-state index contributed by atoms with van der Waals surface area (Å²) in [5.41, 5.74) is 5.88. The zero-order valence-electron chi connectivity index (χ0n) is 14.4. The van der Waals surface area contributed by atoms with Crippen molar-refractivity contribution in [3.05, 3.63) is 36.0 Å². The van der Waals surface area contributed by atoms with E-state index in [9.17, 15) is 4.57 Å². The average molecular weight is 354 g/mol. The van der Waals surface area contributed by atoms with Crippen LogP contribution in [0.1, 0.15) is 26.5 Å². The van der Waals surface area contributed by atoms with Gasteiger partial charge >= 0.3 is 8.03 Å². The van der Waals surface area contributed by atoms with E-state index in [1.165, 1.54) is 0 Å². The highest BCUT2D eigenvalue weighted by Crippen LogP contribution is 2.27. The van der Waals surface area contributed by atoms with Gasteiger partial charge in [0.05, 0.1) is 19.0 Å². The molecule has 0 spiro atoms. The molecule has 0 fully saturated rings. The highest BCUT2D eigenvalue weighted by molar-refractivity contribution is 7.39. The zero-order chi connectivity index (χ0) is 18.1. The minimum Gasteiger partial charge on any atom is -0.382 e. The molecule has 0 amide bonds. The van der Waals surface area contributed by atoms with Crippen LogP contribution in [0.2, 0.25) is 0 Å². The van der Waals surface area contributed by atoms with Crippen molar-refractivity contribution in [3.8, 4) is 0 Å². The van der Waals surface area contributed by atoms with Gasteiger partial charge in [-0.1, -0.05) is 6.08 Å². The van der Waals surface area contributed by atoms with Crippen molar-refractivity contribution in [2.75, 3.05) is 18.7 Å². The molecule has 1 aromatic heterocycles. The molecule has 1 heterocycles. The molecule has 4 N–H and O–H groups in total. The van der Waals surface area contributed by atoms with E-state index in [-0.39, 0.29) is 18.3 Å². The Morgan fingerprint density at radius 2 is 2.29 bits per heavy atom. The second kappa shape index (κ2) is 9.85. The summed E-state index contributed by atoms with van der Waals surface area (Å²) in [7, 11) is -0.215. The second-order valence-electron chi connectivity index (χ2n) is 4.98. The Labute approximate surface area is 143 Å². The fourth-order valence-electron chi connectivity index (χ4n) is 1.99. The molecule has 0 bridgehead atoms. The summed E-state index contributed by atoms with van der Waals surface area (Å²) in [6, 6.07) is 0. The van der Waals surface area contributed by atoms with Gasteiger partial charge in [0, 0.05) is 7.05 Å². The first-order valence-corrected chi connectivity index (χ1v) is 8.89. The van der Waals surface area contributed by atoms with Crippen LogP contribution in [-0.4, -0.2) is 34.9 Å². The maximum Gasteiger partial charge on any atom is 0.585 e. The normalized spacial score (nSPS) is 13.8. The van der Waals surface area contributed by atoms with Gasteiger partial charge in [-0.2, -0.15) is 0 Å². The molecule has 1 rings (SSSR count). The van der Waals surface area contributed by atoms with Crippen LogP contribution in [0.4, 0.5) is 5.82 Å². The quantitative estimate of drug-likeness (QED) is 0.196. The largest absolute Gasteiger partial charge is 0.585 e. The third-order valence-electron chi connectivity index (χ3n) is 3.07. The highest BCUT2D eigenvalue weighted by atomic mass is 31.1. The van der Waals surface area contributed by atoms with Crippen LogP contribution in [0, 0.1) is 5.41 Å². The standard InChI is InChI=1S/C15H25N5O3P/c1-5-7-12(6-2)23-24(21)10-22-11(3)8-20-9-19-13(14(16)17)15(20)18-4/h5-7,9,11,18H,8,10H2,1-4H3,(H3,16,17)/q+1/b7-5-,12-6+/t11-/m1/s1. The second-order valence-corrected chi connectivity index (χ2v) is 6.09. The molecule has 0 aromatic carbocycles. The van der Waals surface area contributed by atoms with Crippen LogP contribution < -0.4 is 11.1 Å². The van der Waals surface area contributed by atoms with Crippen molar-refractivity contribution in [3.63, 3.8) is 0 Å². The van der Waals surface area contributed by atoms with Crippen LogP contribution in [0.5, 0.6) is 0 Å². The lowest BCUT2D eigenvalue weighted by atomic mass is 10.3. The van der Waals surface area contributed by atoms with Gasteiger partial charge in [-0.05, 0) is 37.5 Å². The van der Waals surface area contributed by atoms with Gasteiger partial charge in [0.15, 0.2) is 5.76 Å². The maximum absolute atomic E-state index is 11.9. The lowest BCUT2D eigenvalue weighted by Gasteiger charge is -2.13. The van der Waals surface area contributed by atoms with Crippen LogP contribution in [0.25, 0.3) is 0 Å². The summed E-state index contributed by atoms with van der Waals surface area (Å²) in [4.78, 5) is 4.10. The van der Waals surface area contributed by atoms with Crippen molar-refractivity contribution in [2.45, 2.75) is 33.4 Å². The molecule has 0 aliphatic heterocycles. The molecule has 24 heavy (non-hydrogen) atoms. The van der Waals surface area contributed by atoms with Crippen molar-refractivity contribution >= 4 is 19.7 Å². The van der Waals surface area contributed by atoms with Crippen LogP contribution in [-0.2, 0) is 20.4 Å². The number of nitrogens with zero attached hydrogens (tertiary/aromatic N) is 2. The number of nitrogens with two attached hydrogens (primary N) is 1. The predicted octanol–water partition coefficient (Wildman–Crippen LogP) is 2.81. The van der Waals surface area contributed by atoms with Gasteiger partial charge in [-0.3, -0.25) is 9.93 Å². The first-order valence-electron chi connectivity index (χ1n) is 7.53. The number of rotatable bonds is 10. The minimum atomic E-state index is -1.95. The molecule has 132 valence electrons. The summed E-state index contributed by atoms with van der Waals surface area (Å²) >= 11 is 0. The molecule has 1 unspecified atom stereocenters. The maximum atomic E-state index is 11.9. The number of ether oxygens (including phenoxy) is 1. The molecule has 0 radical (unpaired) electrons. The Morgan fingerprint density at radius 3 is 2.83 bits per heavy atom. The SMILES string of the molecule is C/C=C\C(=C/C)O[P+](=O)CO[C@H](C)Cn1cnc(C(=N)N)c1NC. The first kappa shape index (κ1) is 19.9. The molecule has 0 aliphatic carbocycles. The Morgan fingerprint density at radius 1 is 1.58 bits per heavy atom. The molecule has 1 aromatic rings. The Bertz CT molecular complexity index is 639. The number of hydrogen-bond acceptors (Lipinski definition) is 6. The molecular weight excluding hydrogens is 329 g/mol. The molecule has 8 nitrogen and oxygen atoms in total. The monoisotopic (exact) mass is 354 g/mol. The van der Waals surface area contributed by atoms with E-state index >= 15 is 0 Å². The van der Waals surface area contributed by atoms with E-state index in [2.05, 4.69) is 10.3 Å². The van der Waals surface area contributed by atoms with Crippen molar-refractivity contribution < 1.29 is 13.8 Å². The molecule has 0 aliphatic rings. The predicted molar refractivity (Wildman–Crippen MR) is 95.5 cm³/mol. The molecular formula is C15H25N5O3P+. The van der Waals surface area contributed by atoms with E-state index < -0.39 is 8.03 Å². The number of allylic oxidation sites excluding steroid dienone is 3. The van der Waals surface area contributed by atoms with E-state index in [1.54, 1.807) is 30.1 Å². The van der Waals surface area contributed by atoms with E-state index in [4.69, 9.17) is 20.4 Å². The highest BCUT2D eigenvalue weighted by Gasteiger charge is 2.22. The van der Waals surface area contributed by atoms with E-state index in [0.717, 1.165) is 0 Å². The van der Waals surface area contributed by atoms with E-state index in [1.807, 2.05) is 26.8 Å². The van der Waals surface area contributed by atoms with Crippen molar-refractivity contribution in [2.24, 2.45) is 5.73 Å². The van der Waals surface area contributed by atoms with Crippen molar-refractivity contribution in [1.82, 2.24) is 9.55 Å². The smallest absolute Gasteiger partial charge is 0.382 e. The summed E-state index contributed by atoms with van der Waals surface area (Å²) in [5, 5.41) is 10.5. The molecule has 9 heteroatoms. The fraction of sp³-hybridized carbons (Fsp3) is 0.467. The Kier molecular flexibility index (Phi) is 8.15. The summed E-state index contributed by atoms with van der Waals surface area (Å²) in [5.74, 6) is 1.09. The van der Waals surface area contributed by atoms with Gasteiger partial charge in [-0.15, -0.1) is 0 Å². The van der Waals surface area contributed by atoms with Crippen molar-refractivity contribution in [1.29, 1.82) is 5.41 Å². The lowest BCUT2D eigenvalue weighted by Crippen LogP contribution is -2.19. The van der Waals surface area contributed by atoms with Gasteiger partial charge < -0.3 is 20.4 Å². The summed E-state index contributed by atoms with van der Waals surface area (Å²) in [6.45, 7) is 6.01. The minimum absolute atomic E-state index is 0.00541. The Balaban J connectivity index is 2.57. The number of hydrogen-bond donors (Lipinski definition) is 3. The average Bonchev–Trinajstić information content (AvgIpc) is 2.95. The van der Waals surface area contributed by atoms with Gasteiger partial charge in [0.2, 0.25) is 0 Å². The van der Waals surface area contributed by atoms with Crippen LogP contribution in [0.3, 0.4) is 0 Å².